The van der Waals surface area contributed by atoms with E-state index in [1.165, 1.54) is 0 Å². The number of carbonyl (C=O) groups excluding carboxylic acids is 1. The van der Waals surface area contributed by atoms with Crippen LogP contribution in [0.4, 0.5) is 5.69 Å². The number of aliphatic carboxylic acids is 1. The van der Waals surface area contributed by atoms with Crippen LogP contribution in [0.25, 0.3) is 0 Å². The lowest BCUT2D eigenvalue weighted by atomic mass is 9.96. The highest BCUT2D eigenvalue weighted by Gasteiger charge is 2.32. The first-order valence-corrected chi connectivity index (χ1v) is 15.2. The highest BCUT2D eigenvalue weighted by molar-refractivity contribution is 7.89. The topological polar surface area (TPSA) is 181 Å². The van der Waals surface area contributed by atoms with Gasteiger partial charge in [-0.25, -0.2) is 8.42 Å². The molecular weight excluding hydrogens is 522 g/mol. The first kappa shape index (κ1) is 30.6. The molecule has 1 aromatic carbocycles. The van der Waals surface area contributed by atoms with Gasteiger partial charge in [0, 0.05) is 45.7 Å². The number of unbranched alkanes of at least 4 members (excludes halogenated alkanes) is 2. The molecule has 1 unspecified atom stereocenters. The molecule has 218 valence electrons. The lowest BCUT2D eigenvalue weighted by Crippen LogP contribution is -2.55. The number of rotatable bonds is 14. The number of nitrogens with zero attached hydrogens (tertiary/aromatic N) is 2. The van der Waals surface area contributed by atoms with Crippen LogP contribution in [0.5, 0.6) is 0 Å². The summed E-state index contributed by atoms with van der Waals surface area (Å²) in [5.74, 6) is -0.806. The van der Waals surface area contributed by atoms with Crippen molar-refractivity contribution in [3.63, 3.8) is 0 Å². The maximum absolute atomic E-state index is 13.6. The zero-order chi connectivity index (χ0) is 28.4. The van der Waals surface area contributed by atoms with Crippen molar-refractivity contribution in [3.05, 3.63) is 23.8 Å². The largest absolute Gasteiger partial charge is 0.481 e. The number of anilines is 1. The van der Waals surface area contributed by atoms with Gasteiger partial charge in [-0.2, -0.15) is 4.72 Å². The lowest BCUT2D eigenvalue weighted by Gasteiger charge is -2.36. The van der Waals surface area contributed by atoms with Crippen LogP contribution in [0, 0.1) is 11.3 Å². The molecule has 39 heavy (non-hydrogen) atoms. The molecular formula is C26H43N7O5S. The van der Waals surface area contributed by atoms with E-state index in [2.05, 4.69) is 27.2 Å². The van der Waals surface area contributed by atoms with Crippen LogP contribution in [-0.4, -0.2) is 93.0 Å². The Bertz CT molecular complexity index is 1110. The summed E-state index contributed by atoms with van der Waals surface area (Å²) >= 11 is 0. The maximum atomic E-state index is 13.6. The van der Waals surface area contributed by atoms with E-state index in [4.69, 9.17) is 16.2 Å². The fourth-order valence-corrected chi connectivity index (χ4v) is 6.56. The number of guanidine groups is 1. The Balaban J connectivity index is 1.63. The van der Waals surface area contributed by atoms with E-state index < -0.39 is 22.0 Å². The van der Waals surface area contributed by atoms with Crippen molar-refractivity contribution in [1.29, 1.82) is 5.41 Å². The number of fused-ring (bicyclic) bond motifs is 1. The van der Waals surface area contributed by atoms with Gasteiger partial charge in [0.1, 0.15) is 10.9 Å². The van der Waals surface area contributed by atoms with E-state index >= 15 is 0 Å². The first-order chi connectivity index (χ1) is 18.6. The van der Waals surface area contributed by atoms with Crippen molar-refractivity contribution < 1.29 is 23.1 Å². The van der Waals surface area contributed by atoms with E-state index in [0.717, 1.165) is 31.4 Å². The Kier molecular flexibility index (Phi) is 11.4. The third kappa shape index (κ3) is 9.36. The monoisotopic (exact) mass is 565 g/mol. The van der Waals surface area contributed by atoms with Crippen LogP contribution in [-0.2, 0) is 26.0 Å². The van der Waals surface area contributed by atoms with Gasteiger partial charge in [-0.05, 0) is 56.2 Å². The number of nitrogens with one attached hydrogen (secondary N) is 4. The molecule has 0 aliphatic carbocycles. The van der Waals surface area contributed by atoms with Gasteiger partial charge in [0.2, 0.25) is 15.9 Å². The number of sulfonamides is 1. The average Bonchev–Trinajstić information content (AvgIpc) is 2.89. The van der Waals surface area contributed by atoms with Crippen molar-refractivity contribution in [2.75, 3.05) is 51.1 Å². The second-order valence-electron chi connectivity index (χ2n) is 10.5. The number of piperazine rings is 1. The molecule has 2 heterocycles. The second kappa shape index (κ2) is 14.5. The average molecular weight is 566 g/mol. The first-order valence-electron chi connectivity index (χ1n) is 13.8. The Labute approximate surface area is 231 Å². The molecule has 0 saturated carbocycles. The summed E-state index contributed by atoms with van der Waals surface area (Å²) in [7, 11) is -3.99. The van der Waals surface area contributed by atoms with E-state index in [0.29, 0.717) is 63.7 Å². The molecule has 0 aromatic heterocycles. The summed E-state index contributed by atoms with van der Waals surface area (Å²) in [6, 6.07) is 4.29. The summed E-state index contributed by atoms with van der Waals surface area (Å²) in [4.78, 5) is 28.3. The zero-order valence-electron chi connectivity index (χ0n) is 22.7. The van der Waals surface area contributed by atoms with Crippen molar-refractivity contribution in [2.45, 2.75) is 62.8 Å². The Morgan fingerprint density at radius 3 is 2.62 bits per heavy atom. The molecule has 2 aliphatic heterocycles. The van der Waals surface area contributed by atoms with Gasteiger partial charge in [-0.3, -0.25) is 19.9 Å². The number of hydrogen-bond acceptors (Lipinski definition) is 7. The van der Waals surface area contributed by atoms with Gasteiger partial charge in [0.15, 0.2) is 5.96 Å². The number of carboxylic acid groups (broad SMARTS) is 1. The molecule has 0 radical (unpaired) electrons. The summed E-state index contributed by atoms with van der Waals surface area (Å²) in [6.07, 6.45) is 4.10. The summed E-state index contributed by atoms with van der Waals surface area (Å²) in [5.41, 5.74) is 6.91. The SMILES string of the molecule is CC1CNc2c(cccc2S(=O)(=O)N[C@@H](CCCNC(=N)N)C(=O)N2CCN(CCCCCC(=O)O)CC2)C1. The minimum Gasteiger partial charge on any atom is -0.481 e. The third-order valence-corrected chi connectivity index (χ3v) is 8.74. The summed E-state index contributed by atoms with van der Waals surface area (Å²) in [5, 5.41) is 22.1. The number of nitrogens with two attached hydrogens (primary N) is 1. The van der Waals surface area contributed by atoms with Crippen LogP contribution in [0.2, 0.25) is 0 Å². The molecule has 13 heteroatoms. The standard InChI is InChI=1S/C26H43N7O5S/c1-19-17-20-7-5-9-22(24(20)30-18-19)39(37,38)31-21(8-6-11-29-26(27)28)25(36)33-15-13-32(14-16-33)12-4-2-3-10-23(34)35/h5,7,9,19,21,30-31H,2-4,6,8,10-18H2,1H3,(H,34,35)(H4,27,28,29)/t19?,21-/m0/s1. The summed E-state index contributed by atoms with van der Waals surface area (Å²) in [6.45, 7) is 6.36. The Morgan fingerprint density at radius 1 is 1.18 bits per heavy atom. The number of carbonyl (C=O) groups is 2. The normalized spacial score (nSPS) is 18.6. The second-order valence-corrected chi connectivity index (χ2v) is 12.2. The molecule has 12 nitrogen and oxygen atoms in total. The quantitative estimate of drug-likeness (QED) is 0.109. The van der Waals surface area contributed by atoms with Crippen LogP contribution in [0.15, 0.2) is 23.1 Å². The van der Waals surface area contributed by atoms with Gasteiger partial charge in [-0.15, -0.1) is 0 Å². The molecule has 3 rings (SSSR count). The van der Waals surface area contributed by atoms with Crippen LogP contribution >= 0.6 is 0 Å². The van der Waals surface area contributed by atoms with Crippen molar-refractivity contribution in [2.24, 2.45) is 11.7 Å². The highest BCUT2D eigenvalue weighted by Crippen LogP contribution is 2.31. The molecule has 1 amide bonds. The smallest absolute Gasteiger partial charge is 0.303 e. The number of hydrogen-bond donors (Lipinski definition) is 6. The van der Waals surface area contributed by atoms with Gasteiger partial charge < -0.3 is 26.4 Å². The number of carboxylic acids is 1. The predicted octanol–water partition coefficient (Wildman–Crippen LogP) is 0.990. The Morgan fingerprint density at radius 2 is 1.92 bits per heavy atom. The molecule has 7 N–H and O–H groups in total. The molecule has 1 saturated heterocycles. The van der Waals surface area contributed by atoms with Crippen LogP contribution in [0.1, 0.15) is 51.0 Å². The van der Waals surface area contributed by atoms with Gasteiger partial charge >= 0.3 is 5.97 Å². The zero-order valence-corrected chi connectivity index (χ0v) is 23.6. The Hall–Kier alpha value is -2.90. The number of benzene rings is 1. The fraction of sp³-hybridized carbons (Fsp3) is 0.654. The molecule has 1 aromatic rings. The molecule has 1 fully saturated rings. The van der Waals surface area contributed by atoms with E-state index in [1.807, 2.05) is 6.07 Å². The van der Waals surface area contributed by atoms with Gasteiger partial charge in [0.25, 0.3) is 0 Å². The van der Waals surface area contributed by atoms with E-state index in [9.17, 15) is 18.0 Å². The third-order valence-electron chi connectivity index (χ3n) is 7.23. The molecule has 2 atom stereocenters. The van der Waals surface area contributed by atoms with Gasteiger partial charge in [-0.1, -0.05) is 25.5 Å². The summed E-state index contributed by atoms with van der Waals surface area (Å²) < 4.78 is 29.8. The number of amides is 1. The van der Waals surface area contributed by atoms with Crippen molar-refractivity contribution >= 4 is 33.5 Å². The van der Waals surface area contributed by atoms with Crippen molar-refractivity contribution in [3.8, 4) is 0 Å². The van der Waals surface area contributed by atoms with E-state index in [-0.39, 0.29) is 29.6 Å². The number of para-hydroxylation sites is 1. The van der Waals surface area contributed by atoms with Gasteiger partial charge in [0.05, 0.1) is 5.69 Å². The van der Waals surface area contributed by atoms with E-state index in [1.54, 1.807) is 17.0 Å². The molecule has 0 bridgehead atoms. The molecule has 0 spiro atoms. The van der Waals surface area contributed by atoms with Crippen molar-refractivity contribution in [1.82, 2.24) is 19.8 Å². The predicted molar refractivity (Wildman–Crippen MR) is 150 cm³/mol. The van der Waals surface area contributed by atoms with Crippen LogP contribution < -0.4 is 21.1 Å². The minimum atomic E-state index is -3.99. The minimum absolute atomic E-state index is 0.152. The fourth-order valence-electron chi connectivity index (χ4n) is 5.11. The van der Waals surface area contributed by atoms with Crippen LogP contribution in [0.3, 0.4) is 0 Å². The molecule has 2 aliphatic rings. The lowest BCUT2D eigenvalue weighted by molar-refractivity contribution is -0.137. The highest BCUT2D eigenvalue weighted by atomic mass is 32.2. The maximum Gasteiger partial charge on any atom is 0.303 e.